The van der Waals surface area contributed by atoms with Gasteiger partial charge in [-0.2, -0.15) is 0 Å². The van der Waals surface area contributed by atoms with Crippen molar-refractivity contribution in [1.29, 1.82) is 0 Å². The molecule has 0 aliphatic heterocycles. The predicted molar refractivity (Wildman–Crippen MR) is 115 cm³/mol. The van der Waals surface area contributed by atoms with E-state index in [1.54, 1.807) is 31.2 Å². The van der Waals surface area contributed by atoms with Crippen LogP contribution in [0.2, 0.25) is 0 Å². The molecule has 0 aliphatic carbocycles. The monoisotopic (exact) mass is 407 g/mol. The number of hydrogen-bond acceptors (Lipinski definition) is 5. The minimum Gasteiger partial charge on any atom is -0.382 e. The standard InChI is InChI=1S/C23H25N3O4/c1-3-29-14-8-13-24-22(27)18-11-7-12-19(15-18)25-23(28)20-16(2)30-26-21(20)17-9-5-4-6-10-17/h4-7,9-12,15H,3,8,13-14H2,1-2H3,(H,24,27)(H,25,28). The van der Waals surface area contributed by atoms with Gasteiger partial charge in [-0.1, -0.05) is 41.6 Å². The van der Waals surface area contributed by atoms with Crippen molar-refractivity contribution in [2.24, 2.45) is 0 Å². The SMILES string of the molecule is CCOCCCNC(=O)c1cccc(NC(=O)c2c(-c3ccccc3)noc2C)c1. The van der Waals surface area contributed by atoms with Gasteiger partial charge in [-0.15, -0.1) is 0 Å². The van der Waals surface area contributed by atoms with Gasteiger partial charge in [0.2, 0.25) is 0 Å². The summed E-state index contributed by atoms with van der Waals surface area (Å²) in [6.45, 7) is 5.42. The zero-order chi connectivity index (χ0) is 21.3. The lowest BCUT2D eigenvalue weighted by Gasteiger charge is -2.09. The number of amides is 2. The van der Waals surface area contributed by atoms with E-state index >= 15 is 0 Å². The van der Waals surface area contributed by atoms with Gasteiger partial charge in [0.25, 0.3) is 11.8 Å². The van der Waals surface area contributed by atoms with E-state index in [2.05, 4.69) is 15.8 Å². The third kappa shape index (κ3) is 5.33. The topological polar surface area (TPSA) is 93.5 Å². The highest BCUT2D eigenvalue weighted by molar-refractivity contribution is 6.09. The fourth-order valence-corrected chi connectivity index (χ4v) is 2.99. The molecule has 0 spiro atoms. The Morgan fingerprint density at radius 3 is 2.63 bits per heavy atom. The van der Waals surface area contributed by atoms with Crippen LogP contribution in [0.25, 0.3) is 11.3 Å². The van der Waals surface area contributed by atoms with Crippen molar-refractivity contribution in [1.82, 2.24) is 10.5 Å². The van der Waals surface area contributed by atoms with E-state index in [4.69, 9.17) is 9.26 Å². The van der Waals surface area contributed by atoms with Crippen molar-refractivity contribution in [3.8, 4) is 11.3 Å². The second-order valence-electron chi connectivity index (χ2n) is 6.67. The summed E-state index contributed by atoms with van der Waals surface area (Å²) in [6, 6.07) is 16.2. The quantitative estimate of drug-likeness (QED) is 0.522. The fraction of sp³-hybridized carbons (Fsp3) is 0.261. The zero-order valence-electron chi connectivity index (χ0n) is 17.1. The van der Waals surface area contributed by atoms with Gasteiger partial charge in [-0.25, -0.2) is 0 Å². The first-order valence-electron chi connectivity index (χ1n) is 9.89. The highest BCUT2D eigenvalue weighted by Gasteiger charge is 2.21. The maximum atomic E-state index is 12.9. The molecule has 0 unspecified atom stereocenters. The van der Waals surface area contributed by atoms with E-state index in [1.165, 1.54) is 0 Å². The van der Waals surface area contributed by atoms with E-state index in [-0.39, 0.29) is 11.8 Å². The highest BCUT2D eigenvalue weighted by atomic mass is 16.5. The van der Waals surface area contributed by atoms with Crippen LogP contribution in [-0.2, 0) is 4.74 Å². The minimum absolute atomic E-state index is 0.200. The molecule has 0 saturated heterocycles. The molecule has 7 heteroatoms. The highest BCUT2D eigenvalue weighted by Crippen LogP contribution is 2.26. The maximum absolute atomic E-state index is 12.9. The molecule has 156 valence electrons. The maximum Gasteiger partial charge on any atom is 0.261 e. The normalized spacial score (nSPS) is 10.6. The summed E-state index contributed by atoms with van der Waals surface area (Å²) in [5.74, 6) is -0.120. The lowest BCUT2D eigenvalue weighted by Crippen LogP contribution is -2.25. The molecular weight excluding hydrogens is 382 g/mol. The molecule has 0 radical (unpaired) electrons. The second kappa shape index (κ2) is 10.4. The van der Waals surface area contributed by atoms with Gasteiger partial charge >= 0.3 is 0 Å². The third-order valence-corrected chi connectivity index (χ3v) is 4.47. The van der Waals surface area contributed by atoms with E-state index in [9.17, 15) is 9.59 Å². The molecule has 2 aromatic carbocycles. The largest absolute Gasteiger partial charge is 0.382 e. The molecule has 1 heterocycles. The molecule has 3 aromatic rings. The van der Waals surface area contributed by atoms with Gasteiger partial charge in [0, 0.05) is 36.6 Å². The number of hydrogen-bond donors (Lipinski definition) is 2. The number of carbonyl (C=O) groups excluding carboxylic acids is 2. The number of aromatic nitrogens is 1. The summed E-state index contributed by atoms with van der Waals surface area (Å²) < 4.78 is 10.5. The van der Waals surface area contributed by atoms with Gasteiger partial charge in [-0.05, 0) is 38.5 Å². The zero-order valence-corrected chi connectivity index (χ0v) is 17.1. The van der Waals surface area contributed by atoms with Crippen LogP contribution in [0.5, 0.6) is 0 Å². The van der Waals surface area contributed by atoms with Crippen molar-refractivity contribution < 1.29 is 18.8 Å². The second-order valence-corrected chi connectivity index (χ2v) is 6.67. The Hall–Kier alpha value is -3.45. The lowest BCUT2D eigenvalue weighted by molar-refractivity contribution is 0.0943. The Kier molecular flexibility index (Phi) is 7.34. The lowest BCUT2D eigenvalue weighted by atomic mass is 10.1. The Morgan fingerprint density at radius 1 is 1.07 bits per heavy atom. The van der Waals surface area contributed by atoms with Crippen molar-refractivity contribution in [2.75, 3.05) is 25.1 Å². The summed E-state index contributed by atoms with van der Waals surface area (Å²) in [6.07, 6.45) is 0.741. The van der Waals surface area contributed by atoms with Crippen LogP contribution in [0.15, 0.2) is 59.1 Å². The number of nitrogens with zero attached hydrogens (tertiary/aromatic N) is 1. The molecule has 0 fully saturated rings. The summed E-state index contributed by atoms with van der Waals surface area (Å²) in [5, 5.41) is 9.72. The van der Waals surface area contributed by atoms with Crippen LogP contribution in [0, 0.1) is 6.92 Å². The number of nitrogens with one attached hydrogen (secondary N) is 2. The van der Waals surface area contributed by atoms with E-state index in [0.717, 1.165) is 12.0 Å². The minimum atomic E-state index is -0.345. The number of rotatable bonds is 9. The molecule has 0 atom stereocenters. The Morgan fingerprint density at radius 2 is 1.87 bits per heavy atom. The summed E-state index contributed by atoms with van der Waals surface area (Å²) >= 11 is 0. The van der Waals surface area contributed by atoms with Crippen molar-refractivity contribution >= 4 is 17.5 Å². The first-order valence-corrected chi connectivity index (χ1v) is 9.89. The van der Waals surface area contributed by atoms with Crippen LogP contribution in [0.1, 0.15) is 39.8 Å². The predicted octanol–water partition coefficient (Wildman–Crippen LogP) is 4.06. The summed E-state index contributed by atoms with van der Waals surface area (Å²) in [7, 11) is 0. The van der Waals surface area contributed by atoms with Crippen LogP contribution in [0.4, 0.5) is 5.69 Å². The molecular formula is C23H25N3O4. The fourth-order valence-electron chi connectivity index (χ4n) is 2.99. The molecule has 1 aromatic heterocycles. The summed E-state index contributed by atoms with van der Waals surface area (Å²) in [5.41, 5.74) is 2.62. The van der Waals surface area contributed by atoms with Crippen LogP contribution < -0.4 is 10.6 Å². The molecule has 0 bridgehead atoms. The first-order chi connectivity index (χ1) is 14.6. The van der Waals surface area contributed by atoms with Crippen molar-refractivity contribution in [2.45, 2.75) is 20.3 Å². The average molecular weight is 407 g/mol. The van der Waals surface area contributed by atoms with Gasteiger partial charge < -0.3 is 19.9 Å². The Bertz CT molecular complexity index is 999. The summed E-state index contributed by atoms with van der Waals surface area (Å²) in [4.78, 5) is 25.3. The van der Waals surface area contributed by atoms with Gasteiger partial charge in [0.1, 0.15) is 17.0 Å². The molecule has 30 heavy (non-hydrogen) atoms. The molecule has 2 N–H and O–H groups in total. The van der Waals surface area contributed by atoms with Gasteiger partial charge in [0.05, 0.1) is 0 Å². The number of aryl methyl sites for hydroxylation is 1. The average Bonchev–Trinajstić information content (AvgIpc) is 3.16. The molecule has 0 aliphatic rings. The third-order valence-electron chi connectivity index (χ3n) is 4.47. The van der Waals surface area contributed by atoms with E-state index in [1.807, 2.05) is 37.3 Å². The smallest absolute Gasteiger partial charge is 0.261 e. The molecule has 2 amide bonds. The van der Waals surface area contributed by atoms with Crippen LogP contribution in [-0.4, -0.2) is 36.7 Å². The van der Waals surface area contributed by atoms with Crippen LogP contribution >= 0.6 is 0 Å². The molecule has 3 rings (SSSR count). The van der Waals surface area contributed by atoms with Crippen molar-refractivity contribution in [3.05, 3.63) is 71.5 Å². The molecule has 7 nitrogen and oxygen atoms in total. The van der Waals surface area contributed by atoms with Crippen molar-refractivity contribution in [3.63, 3.8) is 0 Å². The number of ether oxygens (including phenoxy) is 1. The van der Waals surface area contributed by atoms with Crippen LogP contribution in [0.3, 0.4) is 0 Å². The van der Waals surface area contributed by atoms with Gasteiger partial charge in [0.15, 0.2) is 0 Å². The van der Waals surface area contributed by atoms with Gasteiger partial charge in [-0.3, -0.25) is 9.59 Å². The number of benzene rings is 2. The number of carbonyl (C=O) groups is 2. The van der Waals surface area contributed by atoms with E-state index in [0.29, 0.717) is 48.0 Å². The Balaban J connectivity index is 1.69. The number of anilines is 1. The first kappa shape index (κ1) is 21.3. The van der Waals surface area contributed by atoms with E-state index < -0.39 is 0 Å². The Labute approximate surface area is 175 Å². The molecule has 0 saturated carbocycles.